The number of pyridine rings is 1. The molecule has 1 aromatic heterocycles. The summed E-state index contributed by atoms with van der Waals surface area (Å²) in [5.74, 6) is 0.950. The molecule has 0 unspecified atom stereocenters. The summed E-state index contributed by atoms with van der Waals surface area (Å²) < 4.78 is 0. The molecule has 0 radical (unpaired) electrons. The van der Waals surface area contributed by atoms with E-state index in [0.717, 1.165) is 38.4 Å². The maximum Gasteiger partial charge on any atom is 0.128 e. The van der Waals surface area contributed by atoms with Gasteiger partial charge in [-0.1, -0.05) is 19.9 Å². The third-order valence-corrected chi connectivity index (χ3v) is 3.14. The van der Waals surface area contributed by atoms with Crippen molar-refractivity contribution in [1.29, 1.82) is 0 Å². The van der Waals surface area contributed by atoms with Gasteiger partial charge in [0, 0.05) is 19.3 Å². The lowest BCUT2D eigenvalue weighted by Gasteiger charge is -2.24. The lowest BCUT2D eigenvalue weighted by Crippen LogP contribution is -2.32. The number of aromatic nitrogens is 1. The first-order valence-corrected chi connectivity index (χ1v) is 6.81. The van der Waals surface area contributed by atoms with Gasteiger partial charge in [-0.05, 0) is 38.2 Å². The molecule has 4 nitrogen and oxygen atoms in total. The van der Waals surface area contributed by atoms with Crippen LogP contribution in [0.25, 0.3) is 0 Å². The second-order valence-corrected chi connectivity index (χ2v) is 4.28. The quantitative estimate of drug-likeness (QED) is 0.724. The van der Waals surface area contributed by atoms with Gasteiger partial charge in [0.2, 0.25) is 0 Å². The van der Waals surface area contributed by atoms with Crippen molar-refractivity contribution >= 4 is 5.82 Å². The maximum absolute atomic E-state index is 9.12. The van der Waals surface area contributed by atoms with Crippen molar-refractivity contribution in [2.75, 3.05) is 44.2 Å². The number of rotatable bonds is 9. The van der Waals surface area contributed by atoms with Crippen molar-refractivity contribution in [1.82, 2.24) is 9.88 Å². The molecule has 1 rings (SSSR count). The number of anilines is 1. The molecule has 1 heterocycles. The summed E-state index contributed by atoms with van der Waals surface area (Å²) in [6.07, 6.45) is 2.89. The summed E-state index contributed by atoms with van der Waals surface area (Å²) in [5, 5.41) is 9.12. The van der Waals surface area contributed by atoms with E-state index in [4.69, 9.17) is 5.11 Å². The average molecular weight is 251 g/mol. The fraction of sp³-hybridized carbons (Fsp3) is 0.643. The lowest BCUT2D eigenvalue weighted by molar-refractivity contribution is 0.289. The summed E-state index contributed by atoms with van der Waals surface area (Å²) in [5.41, 5.74) is 0. The molecule has 0 atom stereocenters. The highest BCUT2D eigenvalue weighted by Gasteiger charge is 2.07. The molecule has 0 bridgehead atoms. The van der Waals surface area contributed by atoms with Crippen molar-refractivity contribution < 1.29 is 5.11 Å². The van der Waals surface area contributed by atoms with E-state index in [1.165, 1.54) is 0 Å². The van der Waals surface area contributed by atoms with Crippen LogP contribution in [0, 0.1) is 0 Å². The Kier molecular flexibility index (Phi) is 7.37. The summed E-state index contributed by atoms with van der Waals surface area (Å²) in [4.78, 5) is 8.89. The van der Waals surface area contributed by atoms with Crippen molar-refractivity contribution in [2.24, 2.45) is 0 Å². The molecule has 1 N–H and O–H groups in total. The van der Waals surface area contributed by atoms with Crippen LogP contribution in [0.5, 0.6) is 0 Å². The van der Waals surface area contributed by atoms with E-state index < -0.39 is 0 Å². The zero-order chi connectivity index (χ0) is 13.2. The van der Waals surface area contributed by atoms with Gasteiger partial charge in [0.15, 0.2) is 0 Å². The molecule has 0 aromatic carbocycles. The summed E-state index contributed by atoms with van der Waals surface area (Å²) in [6, 6.07) is 5.89. The highest BCUT2D eigenvalue weighted by atomic mass is 16.3. The molecule has 0 aliphatic rings. The highest BCUT2D eigenvalue weighted by Crippen LogP contribution is 2.09. The molecule has 0 aliphatic carbocycles. The van der Waals surface area contributed by atoms with Crippen molar-refractivity contribution in [3.8, 4) is 0 Å². The number of hydrogen-bond acceptors (Lipinski definition) is 4. The predicted molar refractivity (Wildman–Crippen MR) is 75.9 cm³/mol. The maximum atomic E-state index is 9.12. The van der Waals surface area contributed by atoms with Crippen LogP contribution in [-0.4, -0.2) is 54.3 Å². The Morgan fingerprint density at radius 2 is 1.89 bits per heavy atom. The van der Waals surface area contributed by atoms with E-state index in [9.17, 15) is 0 Å². The molecule has 0 spiro atoms. The lowest BCUT2D eigenvalue weighted by atomic mass is 10.3. The van der Waals surface area contributed by atoms with Crippen molar-refractivity contribution in [3.05, 3.63) is 24.4 Å². The van der Waals surface area contributed by atoms with Gasteiger partial charge in [0.05, 0.1) is 6.61 Å². The van der Waals surface area contributed by atoms with Gasteiger partial charge in [-0.15, -0.1) is 0 Å². The molecule has 0 amide bonds. The van der Waals surface area contributed by atoms with E-state index in [0.29, 0.717) is 6.54 Å². The summed E-state index contributed by atoms with van der Waals surface area (Å²) in [7, 11) is 0. The number of hydrogen-bond donors (Lipinski definition) is 1. The van der Waals surface area contributed by atoms with E-state index in [1.807, 2.05) is 18.2 Å². The van der Waals surface area contributed by atoms with E-state index >= 15 is 0 Å². The molecule has 0 saturated heterocycles. The first-order valence-electron chi connectivity index (χ1n) is 6.81. The van der Waals surface area contributed by atoms with Gasteiger partial charge in [-0.3, -0.25) is 0 Å². The fourth-order valence-electron chi connectivity index (χ4n) is 2.03. The Balaban J connectivity index is 2.44. The van der Waals surface area contributed by atoms with Crippen molar-refractivity contribution in [3.63, 3.8) is 0 Å². The molecular formula is C14H25N3O. The standard InChI is InChI=1S/C14H25N3O/c1-3-16(4-2)10-7-11-17(12-13-18)14-8-5-6-9-15-14/h5-6,8-9,18H,3-4,7,10-13H2,1-2H3. The molecule has 0 fully saturated rings. The van der Waals surface area contributed by atoms with Crippen molar-refractivity contribution in [2.45, 2.75) is 20.3 Å². The van der Waals surface area contributed by atoms with Crippen LogP contribution in [-0.2, 0) is 0 Å². The monoisotopic (exact) mass is 251 g/mol. The van der Waals surface area contributed by atoms with Gasteiger partial charge in [-0.2, -0.15) is 0 Å². The van der Waals surface area contributed by atoms with Crippen LogP contribution in [0.1, 0.15) is 20.3 Å². The number of nitrogens with zero attached hydrogens (tertiary/aromatic N) is 3. The first-order chi connectivity index (χ1) is 8.81. The minimum absolute atomic E-state index is 0.168. The molecule has 0 aliphatic heterocycles. The van der Waals surface area contributed by atoms with Gasteiger partial charge in [0.1, 0.15) is 5.82 Å². The van der Waals surface area contributed by atoms with Gasteiger partial charge >= 0.3 is 0 Å². The van der Waals surface area contributed by atoms with Gasteiger partial charge in [-0.25, -0.2) is 4.98 Å². The Bertz CT molecular complexity index is 301. The Labute approximate surface area is 110 Å². The van der Waals surface area contributed by atoms with Gasteiger partial charge < -0.3 is 14.9 Å². The van der Waals surface area contributed by atoms with Crippen LogP contribution >= 0.6 is 0 Å². The molecule has 18 heavy (non-hydrogen) atoms. The zero-order valence-electron chi connectivity index (χ0n) is 11.5. The predicted octanol–water partition coefficient (Wildman–Crippen LogP) is 1.61. The van der Waals surface area contributed by atoms with Gasteiger partial charge in [0.25, 0.3) is 0 Å². The summed E-state index contributed by atoms with van der Waals surface area (Å²) in [6.45, 7) is 9.43. The SMILES string of the molecule is CCN(CC)CCCN(CCO)c1ccccn1. The minimum Gasteiger partial charge on any atom is -0.395 e. The van der Waals surface area contributed by atoms with E-state index in [2.05, 4.69) is 28.6 Å². The topological polar surface area (TPSA) is 39.6 Å². The molecular weight excluding hydrogens is 226 g/mol. The Morgan fingerprint density at radius 1 is 1.11 bits per heavy atom. The zero-order valence-corrected chi connectivity index (χ0v) is 11.5. The van der Waals surface area contributed by atoms with Crippen LogP contribution in [0.4, 0.5) is 5.82 Å². The third kappa shape index (κ3) is 5.02. The van der Waals surface area contributed by atoms with E-state index in [-0.39, 0.29) is 6.61 Å². The fourth-order valence-corrected chi connectivity index (χ4v) is 2.03. The number of aliphatic hydroxyl groups is 1. The van der Waals surface area contributed by atoms with Crippen LogP contribution in [0.2, 0.25) is 0 Å². The third-order valence-electron chi connectivity index (χ3n) is 3.14. The second-order valence-electron chi connectivity index (χ2n) is 4.28. The Hall–Kier alpha value is -1.13. The largest absolute Gasteiger partial charge is 0.395 e. The molecule has 1 aromatic rings. The van der Waals surface area contributed by atoms with Crippen LogP contribution in [0.15, 0.2) is 24.4 Å². The Morgan fingerprint density at radius 3 is 2.44 bits per heavy atom. The van der Waals surface area contributed by atoms with E-state index in [1.54, 1.807) is 6.20 Å². The van der Waals surface area contributed by atoms with Crippen LogP contribution < -0.4 is 4.90 Å². The normalized spacial score (nSPS) is 10.9. The van der Waals surface area contributed by atoms with Crippen LogP contribution in [0.3, 0.4) is 0 Å². The average Bonchev–Trinajstić information content (AvgIpc) is 2.43. The second kappa shape index (κ2) is 8.89. The smallest absolute Gasteiger partial charge is 0.128 e. The molecule has 4 heteroatoms. The highest BCUT2D eigenvalue weighted by molar-refractivity contribution is 5.37. The summed E-state index contributed by atoms with van der Waals surface area (Å²) >= 11 is 0. The molecule has 0 saturated carbocycles. The number of aliphatic hydroxyl groups excluding tert-OH is 1. The first kappa shape index (κ1) is 14.9. The molecule has 102 valence electrons. The minimum atomic E-state index is 0.168.